The molecule has 1 fully saturated rings. The third kappa shape index (κ3) is 4.76. The number of rotatable bonds is 6. The first-order valence-corrected chi connectivity index (χ1v) is 15.5. The van der Waals surface area contributed by atoms with Crippen LogP contribution in [-0.4, -0.2) is 61.8 Å². The Morgan fingerprint density at radius 2 is 1.76 bits per heavy atom. The minimum Gasteiger partial charge on any atom is -0.359 e. The van der Waals surface area contributed by atoms with Gasteiger partial charge >= 0.3 is 0 Å². The highest BCUT2D eigenvalue weighted by atomic mass is 16.2. The van der Waals surface area contributed by atoms with Crippen LogP contribution in [-0.2, 0) is 13.6 Å². The summed E-state index contributed by atoms with van der Waals surface area (Å²) in [6.07, 6.45) is 5.65. The minimum atomic E-state index is -0.00718. The fourth-order valence-corrected chi connectivity index (χ4v) is 6.52. The molecule has 2 aromatic carbocycles. The number of hydrogen-bond donors (Lipinski definition) is 3. The number of aromatic amines is 1. The molecule has 1 saturated heterocycles. The van der Waals surface area contributed by atoms with Gasteiger partial charge in [0.1, 0.15) is 5.82 Å². The van der Waals surface area contributed by atoms with E-state index in [1.807, 2.05) is 80.8 Å². The van der Waals surface area contributed by atoms with Gasteiger partial charge in [0.2, 0.25) is 5.95 Å². The van der Waals surface area contributed by atoms with E-state index in [-0.39, 0.29) is 5.91 Å². The number of hydrogen-bond acceptors (Lipinski definition) is 8. The largest absolute Gasteiger partial charge is 0.359 e. The van der Waals surface area contributed by atoms with Crippen molar-refractivity contribution >= 4 is 40.1 Å². The number of pyridine rings is 1. The van der Waals surface area contributed by atoms with Gasteiger partial charge in [-0.25, -0.2) is 15.0 Å². The Morgan fingerprint density at radius 1 is 0.935 bits per heavy atom. The molecule has 0 aliphatic carbocycles. The van der Waals surface area contributed by atoms with Gasteiger partial charge < -0.3 is 25.4 Å². The molecule has 0 saturated carbocycles. The van der Waals surface area contributed by atoms with Crippen LogP contribution >= 0.6 is 0 Å². The number of carbonyl (C=O) groups excluding carboxylic acids is 1. The number of para-hydroxylation sites is 1. The zero-order valence-electron chi connectivity index (χ0n) is 26.0. The topological polar surface area (TPSA) is 120 Å². The first-order valence-electron chi connectivity index (χ1n) is 15.5. The normalized spacial score (nSPS) is 14.7. The van der Waals surface area contributed by atoms with Crippen LogP contribution in [0.3, 0.4) is 0 Å². The molecule has 11 nitrogen and oxygen atoms in total. The van der Waals surface area contributed by atoms with E-state index < -0.39 is 0 Å². The molecule has 2 aliphatic rings. The van der Waals surface area contributed by atoms with Crippen molar-refractivity contribution in [2.24, 2.45) is 7.05 Å². The molecule has 3 N–H and O–H groups in total. The Labute approximate surface area is 266 Å². The van der Waals surface area contributed by atoms with Crippen LogP contribution < -0.4 is 20.4 Å². The average Bonchev–Trinajstić information content (AvgIpc) is 3.76. The summed E-state index contributed by atoms with van der Waals surface area (Å²) in [6, 6.07) is 18.2. The SMILES string of the molecule is Cc1cnc(Nc2cc(C)n(C)n2)nc1-c1c[nH]c2c(N3Cc4c(cccc4-c4ccnc(N5CCNCC5)c4)C3=O)cccc12. The van der Waals surface area contributed by atoms with Crippen molar-refractivity contribution in [2.45, 2.75) is 20.4 Å². The van der Waals surface area contributed by atoms with E-state index in [1.54, 1.807) is 4.68 Å². The van der Waals surface area contributed by atoms with Crippen molar-refractivity contribution in [2.75, 3.05) is 41.3 Å². The summed E-state index contributed by atoms with van der Waals surface area (Å²) in [5, 5.41) is 12.1. The molecule has 8 rings (SSSR count). The number of anilines is 4. The molecule has 46 heavy (non-hydrogen) atoms. The second kappa shape index (κ2) is 11.1. The Balaban J connectivity index is 1.13. The lowest BCUT2D eigenvalue weighted by molar-refractivity contribution is 0.0997. The number of piperazine rings is 1. The summed E-state index contributed by atoms with van der Waals surface area (Å²) in [7, 11) is 1.90. The van der Waals surface area contributed by atoms with Crippen LogP contribution in [0.5, 0.6) is 0 Å². The van der Waals surface area contributed by atoms with Crippen molar-refractivity contribution < 1.29 is 4.79 Å². The zero-order chi connectivity index (χ0) is 31.4. The molecule has 1 amide bonds. The number of amides is 1. The molecule has 0 spiro atoms. The van der Waals surface area contributed by atoms with Crippen molar-refractivity contribution in [1.29, 1.82) is 0 Å². The monoisotopic (exact) mass is 610 g/mol. The molecule has 6 heterocycles. The zero-order valence-corrected chi connectivity index (χ0v) is 26.0. The van der Waals surface area contributed by atoms with Crippen molar-refractivity contribution in [3.05, 3.63) is 95.6 Å². The minimum absolute atomic E-state index is 0.00718. The molecule has 230 valence electrons. The number of aryl methyl sites for hydroxylation is 3. The Bertz CT molecular complexity index is 2100. The van der Waals surface area contributed by atoms with Crippen LogP contribution in [0.2, 0.25) is 0 Å². The molecule has 0 atom stereocenters. The van der Waals surface area contributed by atoms with Gasteiger partial charge in [0, 0.05) is 80.1 Å². The highest BCUT2D eigenvalue weighted by molar-refractivity contribution is 6.15. The fourth-order valence-electron chi connectivity index (χ4n) is 6.52. The molecule has 0 radical (unpaired) electrons. The van der Waals surface area contributed by atoms with Gasteiger partial charge in [0.15, 0.2) is 5.82 Å². The lowest BCUT2D eigenvalue weighted by Crippen LogP contribution is -2.43. The second-order valence-corrected chi connectivity index (χ2v) is 11.9. The lowest BCUT2D eigenvalue weighted by atomic mass is 9.97. The van der Waals surface area contributed by atoms with Crippen molar-refractivity contribution in [1.82, 2.24) is 35.0 Å². The highest BCUT2D eigenvalue weighted by Gasteiger charge is 2.32. The molecule has 0 unspecified atom stereocenters. The molecular weight excluding hydrogens is 576 g/mol. The molecule has 4 aromatic heterocycles. The van der Waals surface area contributed by atoms with E-state index in [1.165, 1.54) is 0 Å². The number of carbonyl (C=O) groups is 1. The van der Waals surface area contributed by atoms with Crippen LogP contribution in [0, 0.1) is 13.8 Å². The first-order chi connectivity index (χ1) is 22.4. The van der Waals surface area contributed by atoms with Gasteiger partial charge in [-0.2, -0.15) is 5.10 Å². The summed E-state index contributed by atoms with van der Waals surface area (Å²) in [5.74, 6) is 2.12. The highest BCUT2D eigenvalue weighted by Crippen LogP contribution is 2.40. The number of benzene rings is 2. The van der Waals surface area contributed by atoms with Gasteiger partial charge in [-0.3, -0.25) is 9.48 Å². The van der Waals surface area contributed by atoms with E-state index in [4.69, 9.17) is 4.98 Å². The predicted octanol–water partition coefficient (Wildman–Crippen LogP) is 5.35. The first kappa shape index (κ1) is 28.0. The molecule has 11 heteroatoms. The summed E-state index contributed by atoms with van der Waals surface area (Å²) in [4.78, 5) is 35.6. The van der Waals surface area contributed by atoms with Crippen molar-refractivity contribution in [3.8, 4) is 22.4 Å². The van der Waals surface area contributed by atoms with E-state index in [0.29, 0.717) is 18.3 Å². The van der Waals surface area contributed by atoms with Crippen LogP contribution in [0.15, 0.2) is 73.2 Å². The van der Waals surface area contributed by atoms with Gasteiger partial charge in [-0.1, -0.05) is 24.3 Å². The summed E-state index contributed by atoms with van der Waals surface area (Å²) >= 11 is 0. The van der Waals surface area contributed by atoms with E-state index >= 15 is 0 Å². The maximum absolute atomic E-state index is 14.0. The van der Waals surface area contributed by atoms with Gasteiger partial charge in [-0.05, 0) is 60.4 Å². The summed E-state index contributed by atoms with van der Waals surface area (Å²) < 4.78 is 1.81. The third-order valence-electron chi connectivity index (χ3n) is 9.03. The number of H-pyrrole nitrogens is 1. The summed E-state index contributed by atoms with van der Waals surface area (Å²) in [5.41, 5.74) is 9.34. The van der Waals surface area contributed by atoms with Crippen LogP contribution in [0.4, 0.5) is 23.3 Å². The van der Waals surface area contributed by atoms with Gasteiger partial charge in [-0.15, -0.1) is 0 Å². The standard InChI is InChI=1S/C35H34N10O/c1-21-18-39-35(40-30-16-22(2)43(3)42-30)41-32(21)27-19-38-33-25(27)7-5-9-29(33)45-20-28-24(6-4-8-26(28)34(45)46)23-10-11-37-31(17-23)44-14-12-36-13-15-44/h4-11,16-19,36,38H,12-15,20H2,1-3H3,(H,39,40,41,42). The van der Waals surface area contributed by atoms with E-state index in [2.05, 4.69) is 53.8 Å². The maximum atomic E-state index is 14.0. The van der Waals surface area contributed by atoms with E-state index in [0.717, 1.165) is 93.4 Å². The van der Waals surface area contributed by atoms with Gasteiger partial charge in [0.25, 0.3) is 5.91 Å². The summed E-state index contributed by atoms with van der Waals surface area (Å²) in [6.45, 7) is 8.22. The number of nitrogens with zero attached hydrogens (tertiary/aromatic N) is 7. The Kier molecular flexibility index (Phi) is 6.75. The molecule has 2 aliphatic heterocycles. The van der Waals surface area contributed by atoms with Crippen LogP contribution in [0.25, 0.3) is 33.3 Å². The second-order valence-electron chi connectivity index (χ2n) is 11.9. The number of fused-ring (bicyclic) bond motifs is 2. The van der Waals surface area contributed by atoms with Crippen LogP contribution in [0.1, 0.15) is 27.2 Å². The smallest absolute Gasteiger partial charge is 0.259 e. The number of aromatic nitrogens is 6. The predicted molar refractivity (Wildman–Crippen MR) is 181 cm³/mol. The Hall–Kier alpha value is -5.55. The fraction of sp³-hybridized carbons (Fsp3) is 0.229. The molecule has 0 bridgehead atoms. The molecule has 6 aromatic rings. The average molecular weight is 611 g/mol. The third-order valence-corrected chi connectivity index (χ3v) is 9.03. The molecular formula is C35H34N10O. The Morgan fingerprint density at radius 3 is 2.59 bits per heavy atom. The lowest BCUT2D eigenvalue weighted by Gasteiger charge is -2.28. The maximum Gasteiger partial charge on any atom is 0.259 e. The van der Waals surface area contributed by atoms with Crippen molar-refractivity contribution in [3.63, 3.8) is 0 Å². The number of nitrogens with one attached hydrogen (secondary N) is 3. The van der Waals surface area contributed by atoms with Gasteiger partial charge in [0.05, 0.1) is 23.4 Å². The van der Waals surface area contributed by atoms with E-state index in [9.17, 15) is 4.79 Å². The quantitative estimate of drug-likeness (QED) is 0.231.